The maximum atomic E-state index is 9.37. The topological polar surface area (TPSA) is 48.2 Å². The van der Waals surface area contributed by atoms with Crippen molar-refractivity contribution in [3.8, 4) is 0 Å². The summed E-state index contributed by atoms with van der Waals surface area (Å²) in [6.07, 6.45) is 2.26. The van der Waals surface area contributed by atoms with Crippen LogP contribution in [0.1, 0.15) is 24.0 Å². The Kier molecular flexibility index (Phi) is 5.26. The molecule has 1 unspecified atom stereocenters. The fourth-order valence-corrected chi connectivity index (χ4v) is 3.25. The van der Waals surface area contributed by atoms with Crippen molar-refractivity contribution in [2.24, 2.45) is 16.1 Å². The van der Waals surface area contributed by atoms with E-state index in [1.165, 1.54) is 5.69 Å². The maximum absolute atomic E-state index is 9.37. The van der Waals surface area contributed by atoms with Gasteiger partial charge in [0.2, 0.25) is 0 Å². The highest BCUT2D eigenvalue weighted by molar-refractivity contribution is 5.54. The lowest BCUT2D eigenvalue weighted by molar-refractivity contribution is 0.209. The molecule has 0 radical (unpaired) electrons. The van der Waals surface area contributed by atoms with Crippen LogP contribution in [0.2, 0.25) is 0 Å². The van der Waals surface area contributed by atoms with Gasteiger partial charge in [-0.25, -0.2) is 0 Å². The molecule has 4 heteroatoms. The second-order valence-electron chi connectivity index (χ2n) is 6.59. The van der Waals surface area contributed by atoms with Crippen molar-refractivity contribution in [3.05, 3.63) is 53.6 Å². The van der Waals surface area contributed by atoms with Gasteiger partial charge in [-0.1, -0.05) is 18.2 Å². The Morgan fingerprint density at radius 2 is 1.75 bits per heavy atom. The molecule has 0 amide bonds. The molecule has 2 aromatic carbocycles. The van der Waals surface area contributed by atoms with Crippen LogP contribution in [0.25, 0.3) is 0 Å². The standard InChI is InChI=1S/C20H25N3O/c1-15-5-3-6-16(2)20(15)22-21-18-8-10-19(11-9-18)23-12-4-7-17(13-23)14-24/h3,5-6,8-11,17,24H,4,7,12-14H2,1-2H3. The first kappa shape index (κ1) is 16.7. The van der Waals surface area contributed by atoms with Crippen LogP contribution in [0.15, 0.2) is 52.7 Å². The van der Waals surface area contributed by atoms with Gasteiger partial charge in [0.25, 0.3) is 0 Å². The summed E-state index contributed by atoms with van der Waals surface area (Å²) in [5.41, 5.74) is 5.28. The van der Waals surface area contributed by atoms with E-state index in [1.807, 2.05) is 18.2 Å². The molecule has 0 aromatic heterocycles. The maximum Gasteiger partial charge on any atom is 0.0915 e. The fourth-order valence-electron chi connectivity index (χ4n) is 3.25. The van der Waals surface area contributed by atoms with Crippen molar-refractivity contribution < 1.29 is 5.11 Å². The molecule has 0 saturated carbocycles. The summed E-state index contributed by atoms with van der Waals surface area (Å²) in [5.74, 6) is 0.391. The average molecular weight is 323 g/mol. The minimum Gasteiger partial charge on any atom is -0.396 e. The van der Waals surface area contributed by atoms with Crippen molar-refractivity contribution in [2.75, 3.05) is 24.6 Å². The Bertz CT molecular complexity index is 689. The molecule has 24 heavy (non-hydrogen) atoms. The van der Waals surface area contributed by atoms with E-state index >= 15 is 0 Å². The largest absolute Gasteiger partial charge is 0.396 e. The Balaban J connectivity index is 1.72. The summed E-state index contributed by atoms with van der Waals surface area (Å²) in [4.78, 5) is 2.34. The van der Waals surface area contributed by atoms with E-state index in [1.54, 1.807) is 0 Å². The number of aryl methyl sites for hydroxylation is 2. The van der Waals surface area contributed by atoms with Gasteiger partial charge in [-0.3, -0.25) is 0 Å². The number of nitrogens with zero attached hydrogens (tertiary/aromatic N) is 3. The molecule has 1 atom stereocenters. The van der Waals surface area contributed by atoms with Crippen molar-refractivity contribution in [1.82, 2.24) is 0 Å². The van der Waals surface area contributed by atoms with Gasteiger partial charge in [0.1, 0.15) is 0 Å². The third-order valence-electron chi connectivity index (χ3n) is 4.70. The molecule has 0 bridgehead atoms. The number of benzene rings is 2. The summed E-state index contributed by atoms with van der Waals surface area (Å²) in [6, 6.07) is 14.4. The Morgan fingerprint density at radius 3 is 2.42 bits per heavy atom. The van der Waals surface area contributed by atoms with E-state index in [-0.39, 0.29) is 6.61 Å². The van der Waals surface area contributed by atoms with Crippen LogP contribution in [0, 0.1) is 19.8 Å². The predicted octanol–water partition coefficient (Wildman–Crippen LogP) is 4.93. The minimum absolute atomic E-state index is 0.276. The number of hydrogen-bond acceptors (Lipinski definition) is 4. The van der Waals surface area contributed by atoms with Gasteiger partial charge in [-0.15, -0.1) is 0 Å². The van der Waals surface area contributed by atoms with E-state index in [0.29, 0.717) is 5.92 Å². The minimum atomic E-state index is 0.276. The normalized spacial score (nSPS) is 18.3. The molecule has 0 spiro atoms. The number of hydrogen-bond donors (Lipinski definition) is 1. The molecular formula is C20H25N3O. The summed E-state index contributed by atoms with van der Waals surface area (Å²) < 4.78 is 0. The van der Waals surface area contributed by atoms with E-state index < -0.39 is 0 Å². The first-order chi connectivity index (χ1) is 11.7. The van der Waals surface area contributed by atoms with E-state index in [4.69, 9.17) is 0 Å². The summed E-state index contributed by atoms with van der Waals surface area (Å²) >= 11 is 0. The summed E-state index contributed by atoms with van der Waals surface area (Å²) in [7, 11) is 0. The number of piperidine rings is 1. The fraction of sp³-hybridized carbons (Fsp3) is 0.400. The molecule has 1 heterocycles. The summed E-state index contributed by atoms with van der Waals surface area (Å²) in [6.45, 7) is 6.37. The van der Waals surface area contributed by atoms with Crippen LogP contribution in [-0.4, -0.2) is 24.8 Å². The van der Waals surface area contributed by atoms with Crippen LogP contribution < -0.4 is 4.90 Å². The van der Waals surface area contributed by atoms with E-state index in [9.17, 15) is 5.11 Å². The molecule has 1 aliphatic heterocycles. The van der Waals surface area contributed by atoms with Gasteiger partial charge in [0.05, 0.1) is 11.4 Å². The van der Waals surface area contributed by atoms with Gasteiger partial charge in [-0.05, 0) is 68.0 Å². The number of rotatable bonds is 4. The van der Waals surface area contributed by atoms with E-state index in [0.717, 1.165) is 48.4 Å². The molecule has 1 aliphatic rings. The van der Waals surface area contributed by atoms with Gasteiger partial charge in [0, 0.05) is 25.4 Å². The van der Waals surface area contributed by atoms with Crippen LogP contribution in [0.4, 0.5) is 17.1 Å². The third-order valence-corrected chi connectivity index (χ3v) is 4.70. The average Bonchev–Trinajstić information content (AvgIpc) is 2.62. The van der Waals surface area contributed by atoms with Gasteiger partial charge >= 0.3 is 0 Å². The quantitative estimate of drug-likeness (QED) is 0.811. The molecule has 126 valence electrons. The summed E-state index contributed by atoms with van der Waals surface area (Å²) in [5, 5.41) is 18.2. The Labute approximate surface area is 143 Å². The van der Waals surface area contributed by atoms with Crippen molar-refractivity contribution >= 4 is 17.1 Å². The second-order valence-corrected chi connectivity index (χ2v) is 6.59. The molecule has 0 aliphatic carbocycles. The van der Waals surface area contributed by atoms with Gasteiger partial charge in [0.15, 0.2) is 0 Å². The lowest BCUT2D eigenvalue weighted by atomic mass is 9.98. The lowest BCUT2D eigenvalue weighted by Crippen LogP contribution is -2.36. The molecule has 2 aromatic rings. The highest BCUT2D eigenvalue weighted by atomic mass is 16.3. The lowest BCUT2D eigenvalue weighted by Gasteiger charge is -2.33. The van der Waals surface area contributed by atoms with Crippen LogP contribution in [0.5, 0.6) is 0 Å². The first-order valence-electron chi connectivity index (χ1n) is 8.61. The number of aliphatic hydroxyl groups excluding tert-OH is 1. The van der Waals surface area contributed by atoms with Crippen molar-refractivity contribution in [3.63, 3.8) is 0 Å². The second kappa shape index (κ2) is 7.58. The number of azo groups is 1. The molecular weight excluding hydrogens is 298 g/mol. The SMILES string of the molecule is Cc1cccc(C)c1N=Nc1ccc(N2CCCC(CO)C2)cc1. The van der Waals surface area contributed by atoms with Crippen molar-refractivity contribution in [1.29, 1.82) is 0 Å². The van der Waals surface area contributed by atoms with E-state index in [2.05, 4.69) is 53.2 Å². The number of anilines is 1. The predicted molar refractivity (Wildman–Crippen MR) is 98.6 cm³/mol. The van der Waals surface area contributed by atoms with Crippen LogP contribution >= 0.6 is 0 Å². The van der Waals surface area contributed by atoms with Gasteiger partial charge < -0.3 is 10.0 Å². The Hall–Kier alpha value is -2.20. The zero-order chi connectivity index (χ0) is 16.9. The highest BCUT2D eigenvalue weighted by Gasteiger charge is 2.19. The molecule has 1 N–H and O–H groups in total. The smallest absolute Gasteiger partial charge is 0.0915 e. The zero-order valence-corrected chi connectivity index (χ0v) is 14.4. The highest BCUT2D eigenvalue weighted by Crippen LogP contribution is 2.28. The van der Waals surface area contributed by atoms with Crippen LogP contribution in [0.3, 0.4) is 0 Å². The Morgan fingerprint density at radius 1 is 1.04 bits per heavy atom. The zero-order valence-electron chi connectivity index (χ0n) is 14.4. The van der Waals surface area contributed by atoms with Crippen LogP contribution in [-0.2, 0) is 0 Å². The molecule has 4 nitrogen and oxygen atoms in total. The van der Waals surface area contributed by atoms with Crippen molar-refractivity contribution in [2.45, 2.75) is 26.7 Å². The monoisotopic (exact) mass is 323 g/mol. The number of aliphatic hydroxyl groups is 1. The molecule has 1 fully saturated rings. The first-order valence-corrected chi connectivity index (χ1v) is 8.61. The van der Waals surface area contributed by atoms with Gasteiger partial charge in [-0.2, -0.15) is 10.2 Å². The molecule has 3 rings (SSSR count). The third kappa shape index (κ3) is 3.82. The molecule has 1 saturated heterocycles.